The Kier molecular flexibility index (Phi) is 5.95. The van der Waals surface area contributed by atoms with Gasteiger partial charge in [0, 0.05) is 12.1 Å². The molecular formula is C23H18N6O3. The monoisotopic (exact) mass is 426 g/mol. The minimum Gasteiger partial charge on any atom is -0.497 e. The van der Waals surface area contributed by atoms with Crippen LogP contribution in [0.1, 0.15) is 5.56 Å². The number of nitriles is 1. The number of aromatic nitrogens is 3. The number of urea groups is 1. The Balaban J connectivity index is 1.33. The van der Waals surface area contributed by atoms with Crippen molar-refractivity contribution in [3.05, 3.63) is 78.5 Å². The molecule has 0 radical (unpaired) electrons. The number of aromatic amines is 1. The maximum absolute atomic E-state index is 12.3. The highest BCUT2D eigenvalue weighted by Crippen LogP contribution is 2.23. The molecule has 2 aromatic heterocycles. The number of anilines is 2. The van der Waals surface area contributed by atoms with Gasteiger partial charge >= 0.3 is 6.03 Å². The van der Waals surface area contributed by atoms with Gasteiger partial charge in [-0.1, -0.05) is 0 Å². The summed E-state index contributed by atoms with van der Waals surface area (Å²) >= 11 is 0. The summed E-state index contributed by atoms with van der Waals surface area (Å²) in [7, 11) is 1.61. The van der Waals surface area contributed by atoms with Crippen molar-refractivity contribution in [1.29, 1.82) is 5.26 Å². The summed E-state index contributed by atoms with van der Waals surface area (Å²) in [5, 5.41) is 21.2. The van der Waals surface area contributed by atoms with E-state index in [9.17, 15) is 4.79 Å². The van der Waals surface area contributed by atoms with Gasteiger partial charge in [-0.2, -0.15) is 10.4 Å². The van der Waals surface area contributed by atoms with Gasteiger partial charge in [0.1, 0.15) is 11.5 Å². The highest BCUT2D eigenvalue weighted by molar-refractivity contribution is 5.99. The summed E-state index contributed by atoms with van der Waals surface area (Å²) in [4.78, 5) is 16.4. The van der Waals surface area contributed by atoms with E-state index >= 15 is 0 Å². The number of nitrogens with zero attached hydrogens (tertiary/aromatic N) is 3. The number of rotatable bonds is 6. The lowest BCUT2D eigenvalue weighted by atomic mass is 10.1. The Morgan fingerprint density at radius 1 is 1.00 bits per heavy atom. The Hall–Kier alpha value is -4.84. The minimum absolute atomic E-state index is 0.358. The van der Waals surface area contributed by atoms with Gasteiger partial charge < -0.3 is 14.8 Å². The average Bonchev–Trinajstić information content (AvgIpc) is 3.29. The summed E-state index contributed by atoms with van der Waals surface area (Å²) in [6.45, 7) is 0. The SMILES string of the molecule is COc1ccc(-c2cc(NC(=O)Nc3ccc(Oc4ccc(C#N)cc4)nc3)n[nH]2)cc1. The number of amides is 2. The molecule has 0 saturated carbocycles. The fourth-order valence-corrected chi connectivity index (χ4v) is 2.82. The number of methoxy groups -OCH3 is 1. The van der Waals surface area contributed by atoms with Crippen molar-refractivity contribution < 1.29 is 14.3 Å². The zero-order valence-corrected chi connectivity index (χ0v) is 17.0. The largest absolute Gasteiger partial charge is 0.497 e. The van der Waals surface area contributed by atoms with E-state index in [1.54, 1.807) is 49.6 Å². The summed E-state index contributed by atoms with van der Waals surface area (Å²) in [5.41, 5.74) is 2.70. The number of carbonyl (C=O) groups is 1. The molecule has 2 aromatic carbocycles. The van der Waals surface area contributed by atoms with E-state index in [1.807, 2.05) is 30.3 Å². The Morgan fingerprint density at radius 3 is 2.41 bits per heavy atom. The third-order valence-electron chi connectivity index (χ3n) is 4.42. The molecular weight excluding hydrogens is 408 g/mol. The van der Waals surface area contributed by atoms with Crippen LogP contribution >= 0.6 is 0 Å². The van der Waals surface area contributed by atoms with Crippen LogP contribution < -0.4 is 20.1 Å². The number of pyridine rings is 1. The lowest BCUT2D eigenvalue weighted by Gasteiger charge is -2.07. The molecule has 0 aliphatic heterocycles. The first-order valence-corrected chi connectivity index (χ1v) is 9.55. The maximum Gasteiger partial charge on any atom is 0.324 e. The smallest absolute Gasteiger partial charge is 0.324 e. The third-order valence-corrected chi connectivity index (χ3v) is 4.42. The second-order valence-corrected chi connectivity index (χ2v) is 6.60. The van der Waals surface area contributed by atoms with Gasteiger partial charge in [0.15, 0.2) is 5.82 Å². The molecule has 0 aliphatic rings. The van der Waals surface area contributed by atoms with Crippen LogP contribution in [-0.2, 0) is 0 Å². The standard InChI is InChI=1S/C23H18N6O3/c1-31-18-9-4-16(5-10-18)20-12-21(29-28-20)27-23(30)26-17-6-11-22(25-14-17)32-19-7-2-15(13-24)3-8-19/h2-12,14H,1H3,(H3,26,27,28,29,30). The second-order valence-electron chi connectivity index (χ2n) is 6.60. The maximum atomic E-state index is 12.3. The van der Waals surface area contributed by atoms with Crippen LogP contribution in [0.2, 0.25) is 0 Å². The van der Waals surface area contributed by atoms with Crippen molar-refractivity contribution in [2.75, 3.05) is 17.7 Å². The topological polar surface area (TPSA) is 125 Å². The first-order chi connectivity index (χ1) is 15.6. The summed E-state index contributed by atoms with van der Waals surface area (Å²) in [5.74, 6) is 2.05. The van der Waals surface area contributed by atoms with E-state index in [1.165, 1.54) is 6.20 Å². The molecule has 0 unspecified atom stereocenters. The number of ether oxygens (including phenoxy) is 2. The first-order valence-electron chi connectivity index (χ1n) is 9.55. The molecule has 4 aromatic rings. The lowest BCUT2D eigenvalue weighted by Crippen LogP contribution is -2.19. The number of hydrogen-bond acceptors (Lipinski definition) is 6. The summed E-state index contributed by atoms with van der Waals surface area (Å²) < 4.78 is 10.8. The molecule has 32 heavy (non-hydrogen) atoms. The molecule has 4 rings (SSSR count). The van der Waals surface area contributed by atoms with E-state index in [2.05, 4.69) is 25.8 Å². The molecule has 0 spiro atoms. The Bertz CT molecular complexity index is 1240. The van der Waals surface area contributed by atoms with Gasteiger partial charge in [-0.15, -0.1) is 0 Å². The second kappa shape index (κ2) is 9.32. The highest BCUT2D eigenvalue weighted by atomic mass is 16.5. The van der Waals surface area contributed by atoms with Crippen molar-refractivity contribution in [2.24, 2.45) is 0 Å². The fourth-order valence-electron chi connectivity index (χ4n) is 2.82. The molecule has 0 fully saturated rings. The predicted molar refractivity (Wildman–Crippen MR) is 119 cm³/mol. The summed E-state index contributed by atoms with van der Waals surface area (Å²) in [6, 6.07) is 20.8. The quantitative estimate of drug-likeness (QED) is 0.407. The molecule has 0 bridgehead atoms. The molecule has 0 aliphatic carbocycles. The first kappa shape index (κ1) is 20.4. The van der Waals surface area contributed by atoms with Crippen LogP contribution in [0.5, 0.6) is 17.4 Å². The van der Waals surface area contributed by atoms with Gasteiger partial charge in [0.05, 0.1) is 36.3 Å². The van der Waals surface area contributed by atoms with E-state index in [-0.39, 0.29) is 0 Å². The van der Waals surface area contributed by atoms with Gasteiger partial charge in [0.25, 0.3) is 0 Å². The van der Waals surface area contributed by atoms with Crippen LogP contribution in [0.25, 0.3) is 11.3 Å². The van der Waals surface area contributed by atoms with Crippen LogP contribution in [0, 0.1) is 11.3 Å². The molecule has 2 amide bonds. The van der Waals surface area contributed by atoms with Crippen LogP contribution in [0.4, 0.5) is 16.3 Å². The minimum atomic E-state index is -0.458. The zero-order chi connectivity index (χ0) is 22.3. The normalized spacial score (nSPS) is 10.1. The highest BCUT2D eigenvalue weighted by Gasteiger charge is 2.09. The molecule has 2 heterocycles. The van der Waals surface area contributed by atoms with Crippen LogP contribution in [0.15, 0.2) is 72.9 Å². The summed E-state index contributed by atoms with van der Waals surface area (Å²) in [6.07, 6.45) is 1.48. The molecule has 0 saturated heterocycles. The molecule has 9 nitrogen and oxygen atoms in total. The predicted octanol–water partition coefficient (Wildman–Crippen LogP) is 4.79. The number of hydrogen-bond donors (Lipinski definition) is 3. The van der Waals surface area contributed by atoms with E-state index < -0.39 is 6.03 Å². The number of H-pyrrole nitrogens is 1. The van der Waals surface area contributed by atoms with Crippen molar-refractivity contribution in [1.82, 2.24) is 15.2 Å². The van der Waals surface area contributed by atoms with Crippen molar-refractivity contribution >= 4 is 17.5 Å². The van der Waals surface area contributed by atoms with Gasteiger partial charge in [-0.05, 0) is 60.2 Å². The third kappa shape index (κ3) is 5.01. The lowest BCUT2D eigenvalue weighted by molar-refractivity contribution is 0.262. The zero-order valence-electron chi connectivity index (χ0n) is 17.0. The average molecular weight is 426 g/mol. The number of carbonyl (C=O) groups excluding carboxylic acids is 1. The molecule has 158 valence electrons. The van der Waals surface area contributed by atoms with Crippen molar-refractivity contribution in [3.8, 4) is 34.7 Å². The van der Waals surface area contributed by atoms with E-state index in [0.29, 0.717) is 28.7 Å². The number of nitrogens with one attached hydrogen (secondary N) is 3. The van der Waals surface area contributed by atoms with Gasteiger partial charge in [0.2, 0.25) is 5.88 Å². The van der Waals surface area contributed by atoms with E-state index in [4.69, 9.17) is 14.7 Å². The molecule has 0 atom stereocenters. The van der Waals surface area contributed by atoms with Crippen LogP contribution in [-0.4, -0.2) is 28.3 Å². The van der Waals surface area contributed by atoms with Crippen molar-refractivity contribution in [2.45, 2.75) is 0 Å². The Labute approximate surface area is 183 Å². The Morgan fingerprint density at radius 2 is 1.75 bits per heavy atom. The number of benzene rings is 2. The molecule has 9 heteroatoms. The molecule has 3 N–H and O–H groups in total. The van der Waals surface area contributed by atoms with Crippen LogP contribution in [0.3, 0.4) is 0 Å². The van der Waals surface area contributed by atoms with Crippen molar-refractivity contribution in [3.63, 3.8) is 0 Å². The van der Waals surface area contributed by atoms with Gasteiger partial charge in [-0.3, -0.25) is 10.4 Å². The fraction of sp³-hybridized carbons (Fsp3) is 0.0435. The van der Waals surface area contributed by atoms with E-state index in [0.717, 1.165) is 17.0 Å². The van der Waals surface area contributed by atoms with Gasteiger partial charge in [-0.25, -0.2) is 9.78 Å².